The van der Waals surface area contributed by atoms with Crippen LogP contribution in [0, 0.1) is 23.3 Å². The molecular weight excluding hydrogens is 314 g/mol. The number of amides is 1. The van der Waals surface area contributed by atoms with E-state index >= 15 is 0 Å². The lowest BCUT2D eigenvalue weighted by Gasteiger charge is -2.30. The second-order valence-corrected chi connectivity index (χ2v) is 5.59. The average Bonchev–Trinajstić information content (AvgIpc) is 2.56. The van der Waals surface area contributed by atoms with Crippen LogP contribution in [-0.2, 0) is 4.74 Å². The molecule has 1 aromatic carbocycles. The number of rotatable bonds is 5. The van der Waals surface area contributed by atoms with Gasteiger partial charge in [-0.25, -0.2) is 17.6 Å². The van der Waals surface area contributed by atoms with Crippen LogP contribution in [-0.4, -0.2) is 36.6 Å². The Morgan fingerprint density at radius 2 is 1.96 bits per heavy atom. The Morgan fingerprint density at radius 1 is 1.22 bits per heavy atom. The predicted molar refractivity (Wildman–Crippen MR) is 76.1 cm³/mol. The number of hydrogen-bond donors (Lipinski definition) is 0. The first-order valence-electron chi connectivity index (χ1n) is 7.69. The first kappa shape index (κ1) is 17.7. The summed E-state index contributed by atoms with van der Waals surface area (Å²) in [4.78, 5) is 13.7. The second kappa shape index (κ2) is 7.77. The number of nitrogens with zero attached hydrogens (tertiary/aromatic N) is 1. The summed E-state index contributed by atoms with van der Waals surface area (Å²) in [7, 11) is 0. The molecule has 1 fully saturated rings. The Balaban J connectivity index is 2.23. The lowest BCUT2D eigenvalue weighted by molar-refractivity contribution is -0.00396. The molecule has 0 spiro atoms. The molecule has 1 atom stereocenters. The summed E-state index contributed by atoms with van der Waals surface area (Å²) < 4.78 is 59.0. The molecule has 128 valence electrons. The molecule has 2 rings (SSSR count). The predicted octanol–water partition coefficient (Wildman–Crippen LogP) is 3.66. The van der Waals surface area contributed by atoms with E-state index in [-0.39, 0.29) is 12.6 Å². The molecule has 1 saturated heterocycles. The van der Waals surface area contributed by atoms with Crippen molar-refractivity contribution in [1.29, 1.82) is 0 Å². The van der Waals surface area contributed by atoms with Gasteiger partial charge < -0.3 is 9.64 Å². The fourth-order valence-electron chi connectivity index (χ4n) is 2.64. The average molecular weight is 333 g/mol. The highest BCUT2D eigenvalue weighted by Crippen LogP contribution is 2.21. The van der Waals surface area contributed by atoms with Crippen molar-refractivity contribution in [3.05, 3.63) is 34.9 Å². The van der Waals surface area contributed by atoms with Gasteiger partial charge in [-0.2, -0.15) is 0 Å². The van der Waals surface area contributed by atoms with Gasteiger partial charge in [0.05, 0.1) is 11.7 Å². The third-order valence-electron chi connectivity index (χ3n) is 3.81. The Labute approximate surface area is 132 Å². The van der Waals surface area contributed by atoms with E-state index in [1.165, 1.54) is 4.90 Å². The second-order valence-electron chi connectivity index (χ2n) is 5.59. The van der Waals surface area contributed by atoms with Gasteiger partial charge >= 0.3 is 0 Å². The van der Waals surface area contributed by atoms with Gasteiger partial charge in [0.1, 0.15) is 0 Å². The molecule has 7 heteroatoms. The molecule has 1 heterocycles. The summed E-state index contributed by atoms with van der Waals surface area (Å²) in [6.45, 7) is 2.92. The zero-order valence-electron chi connectivity index (χ0n) is 12.9. The van der Waals surface area contributed by atoms with Crippen molar-refractivity contribution in [1.82, 2.24) is 4.90 Å². The Morgan fingerprint density at radius 3 is 2.57 bits per heavy atom. The minimum absolute atomic E-state index is 0.183. The van der Waals surface area contributed by atoms with Gasteiger partial charge in [-0.1, -0.05) is 6.92 Å². The van der Waals surface area contributed by atoms with Crippen molar-refractivity contribution in [3.8, 4) is 0 Å². The van der Waals surface area contributed by atoms with E-state index in [9.17, 15) is 22.4 Å². The molecule has 1 unspecified atom stereocenters. The van der Waals surface area contributed by atoms with E-state index in [1.807, 2.05) is 6.92 Å². The summed E-state index contributed by atoms with van der Waals surface area (Å²) in [6, 6.07) is 0.403. The molecule has 1 aromatic rings. The van der Waals surface area contributed by atoms with E-state index < -0.39 is 34.7 Å². The van der Waals surface area contributed by atoms with Crippen molar-refractivity contribution in [2.24, 2.45) is 0 Å². The normalized spacial score (nSPS) is 18.0. The summed E-state index contributed by atoms with van der Waals surface area (Å²) in [5, 5.41) is 0. The van der Waals surface area contributed by atoms with Gasteiger partial charge in [0, 0.05) is 19.7 Å². The number of ether oxygens (including phenoxy) is 1. The number of benzene rings is 1. The number of carbonyl (C=O) groups excluding carboxylic acids is 1. The monoisotopic (exact) mass is 333 g/mol. The SMILES string of the molecule is CCCN(CC1CCCCO1)C(=O)c1cc(F)c(F)c(F)c1F. The van der Waals surface area contributed by atoms with Crippen molar-refractivity contribution >= 4 is 5.91 Å². The minimum atomic E-state index is -1.97. The van der Waals surface area contributed by atoms with Gasteiger partial charge in [-0.15, -0.1) is 0 Å². The Hall–Kier alpha value is -1.63. The van der Waals surface area contributed by atoms with E-state index in [0.717, 1.165) is 19.3 Å². The maximum absolute atomic E-state index is 13.8. The highest BCUT2D eigenvalue weighted by Gasteiger charge is 2.28. The van der Waals surface area contributed by atoms with Crippen LogP contribution in [0.3, 0.4) is 0 Å². The molecule has 23 heavy (non-hydrogen) atoms. The van der Waals surface area contributed by atoms with Crippen LogP contribution < -0.4 is 0 Å². The zero-order chi connectivity index (χ0) is 17.0. The first-order valence-corrected chi connectivity index (χ1v) is 7.69. The summed E-state index contributed by atoms with van der Waals surface area (Å²) >= 11 is 0. The van der Waals surface area contributed by atoms with Crippen LogP contribution >= 0.6 is 0 Å². The molecule has 0 bridgehead atoms. The maximum atomic E-state index is 13.8. The molecule has 3 nitrogen and oxygen atoms in total. The molecule has 1 aliphatic heterocycles. The standard InChI is InChI=1S/C16H19F4NO2/c1-2-6-21(9-10-5-3-4-7-23-10)16(22)11-8-12(17)14(19)15(20)13(11)18/h8,10H,2-7,9H2,1H3. The van der Waals surface area contributed by atoms with Gasteiger partial charge in [0.15, 0.2) is 23.3 Å². The van der Waals surface area contributed by atoms with Crippen LogP contribution in [0.2, 0.25) is 0 Å². The zero-order valence-corrected chi connectivity index (χ0v) is 12.9. The topological polar surface area (TPSA) is 29.5 Å². The highest BCUT2D eigenvalue weighted by atomic mass is 19.2. The quantitative estimate of drug-likeness (QED) is 0.467. The van der Waals surface area contributed by atoms with Gasteiger partial charge in [0.25, 0.3) is 5.91 Å². The molecule has 0 aromatic heterocycles. The third-order valence-corrected chi connectivity index (χ3v) is 3.81. The Kier molecular flexibility index (Phi) is 5.98. The molecule has 0 saturated carbocycles. The fourth-order valence-corrected chi connectivity index (χ4v) is 2.64. The van der Waals surface area contributed by atoms with Gasteiger partial charge in [-0.3, -0.25) is 4.79 Å². The largest absolute Gasteiger partial charge is 0.376 e. The van der Waals surface area contributed by atoms with Crippen molar-refractivity contribution in [3.63, 3.8) is 0 Å². The van der Waals surface area contributed by atoms with Crippen LogP contribution in [0.15, 0.2) is 6.07 Å². The molecular formula is C16H19F4NO2. The van der Waals surface area contributed by atoms with Crippen molar-refractivity contribution in [2.45, 2.75) is 38.7 Å². The van der Waals surface area contributed by atoms with Crippen LogP contribution in [0.25, 0.3) is 0 Å². The van der Waals surface area contributed by atoms with Crippen LogP contribution in [0.4, 0.5) is 17.6 Å². The fraction of sp³-hybridized carbons (Fsp3) is 0.562. The number of carbonyl (C=O) groups is 1. The van der Waals surface area contributed by atoms with Crippen LogP contribution in [0.5, 0.6) is 0 Å². The first-order chi connectivity index (χ1) is 11.0. The smallest absolute Gasteiger partial charge is 0.257 e. The summed E-state index contributed by atoms with van der Waals surface area (Å²) in [5.41, 5.74) is -0.800. The summed E-state index contributed by atoms with van der Waals surface area (Å²) in [6.07, 6.45) is 3.08. The molecule has 0 radical (unpaired) electrons. The number of halogens is 4. The van der Waals surface area contributed by atoms with E-state index in [2.05, 4.69) is 0 Å². The van der Waals surface area contributed by atoms with E-state index in [1.54, 1.807) is 0 Å². The molecule has 0 N–H and O–H groups in total. The van der Waals surface area contributed by atoms with Gasteiger partial charge in [-0.05, 0) is 31.7 Å². The minimum Gasteiger partial charge on any atom is -0.376 e. The lowest BCUT2D eigenvalue weighted by Crippen LogP contribution is -2.40. The van der Waals surface area contributed by atoms with E-state index in [4.69, 9.17) is 4.74 Å². The highest BCUT2D eigenvalue weighted by molar-refractivity contribution is 5.94. The molecule has 1 aliphatic rings. The molecule has 1 amide bonds. The maximum Gasteiger partial charge on any atom is 0.257 e. The van der Waals surface area contributed by atoms with E-state index in [0.29, 0.717) is 25.6 Å². The third kappa shape index (κ3) is 4.02. The van der Waals surface area contributed by atoms with Crippen molar-refractivity contribution in [2.75, 3.05) is 19.7 Å². The van der Waals surface area contributed by atoms with Crippen LogP contribution in [0.1, 0.15) is 43.0 Å². The van der Waals surface area contributed by atoms with Crippen molar-refractivity contribution < 1.29 is 27.1 Å². The lowest BCUT2D eigenvalue weighted by atomic mass is 10.1. The summed E-state index contributed by atoms with van der Waals surface area (Å²) in [5.74, 6) is -8.01. The molecule has 0 aliphatic carbocycles. The number of hydrogen-bond acceptors (Lipinski definition) is 2. The Bertz CT molecular complexity index is 574. The van der Waals surface area contributed by atoms with Gasteiger partial charge in [0.2, 0.25) is 0 Å².